The van der Waals surface area contributed by atoms with Gasteiger partial charge in [0.25, 0.3) is 5.91 Å². The minimum absolute atomic E-state index is 0.0959. The van der Waals surface area contributed by atoms with Crippen molar-refractivity contribution in [2.75, 3.05) is 20.1 Å². The van der Waals surface area contributed by atoms with Crippen LogP contribution < -0.4 is 10.5 Å². The fourth-order valence-corrected chi connectivity index (χ4v) is 1.90. The van der Waals surface area contributed by atoms with Crippen molar-refractivity contribution < 1.29 is 22.7 Å². The minimum Gasteiger partial charge on any atom is -0.487 e. The molecule has 1 amide bonds. The fourth-order valence-electron chi connectivity index (χ4n) is 1.90. The van der Waals surface area contributed by atoms with Crippen molar-refractivity contribution in [3.63, 3.8) is 0 Å². The van der Waals surface area contributed by atoms with Gasteiger partial charge in [0.1, 0.15) is 11.9 Å². The van der Waals surface area contributed by atoms with Crippen molar-refractivity contribution in [2.45, 2.75) is 12.3 Å². The van der Waals surface area contributed by atoms with Gasteiger partial charge in [0.15, 0.2) is 0 Å². The number of nitrogens with two attached hydrogens (primary N) is 1. The zero-order valence-corrected chi connectivity index (χ0v) is 10.2. The van der Waals surface area contributed by atoms with Crippen LogP contribution in [0.2, 0.25) is 0 Å². The smallest absolute Gasteiger partial charge is 0.416 e. The number of carbonyl (C=O) groups is 1. The lowest BCUT2D eigenvalue weighted by Gasteiger charge is -2.36. The predicted molar refractivity (Wildman–Crippen MR) is 61.9 cm³/mol. The molecule has 1 aromatic carbocycles. The van der Waals surface area contributed by atoms with E-state index in [4.69, 9.17) is 10.5 Å². The molecule has 0 atom stereocenters. The van der Waals surface area contributed by atoms with Crippen molar-refractivity contribution in [1.29, 1.82) is 0 Å². The molecular weight excluding hydrogens is 261 g/mol. The maximum absolute atomic E-state index is 12.6. The van der Waals surface area contributed by atoms with Gasteiger partial charge < -0.3 is 10.5 Å². The molecule has 0 spiro atoms. The van der Waals surface area contributed by atoms with Crippen molar-refractivity contribution in [3.05, 3.63) is 29.3 Å². The molecule has 0 bridgehead atoms. The molecule has 0 aliphatic carbocycles. The van der Waals surface area contributed by atoms with Crippen LogP contribution in [0.5, 0.6) is 5.75 Å². The number of likely N-dealkylation sites (N-methyl/N-ethyl adjacent to an activating group) is 1. The molecule has 0 saturated carbocycles. The van der Waals surface area contributed by atoms with Crippen LogP contribution in [0.15, 0.2) is 18.2 Å². The number of primary amides is 1. The van der Waals surface area contributed by atoms with E-state index in [0.717, 1.165) is 18.2 Å². The van der Waals surface area contributed by atoms with Gasteiger partial charge in [-0.2, -0.15) is 13.2 Å². The first-order valence-electron chi connectivity index (χ1n) is 5.63. The average molecular weight is 274 g/mol. The summed E-state index contributed by atoms with van der Waals surface area (Å²) in [6, 6.07) is 2.74. The Morgan fingerprint density at radius 3 is 2.53 bits per heavy atom. The highest BCUT2D eigenvalue weighted by molar-refractivity contribution is 5.95. The first kappa shape index (κ1) is 13.7. The Kier molecular flexibility index (Phi) is 3.40. The summed E-state index contributed by atoms with van der Waals surface area (Å²) in [6.07, 6.45) is -4.64. The molecule has 7 heteroatoms. The number of ether oxygens (including phenoxy) is 1. The highest BCUT2D eigenvalue weighted by Crippen LogP contribution is 2.33. The fraction of sp³-hybridized carbons (Fsp3) is 0.417. The molecule has 0 unspecified atom stereocenters. The van der Waals surface area contributed by atoms with E-state index in [0.29, 0.717) is 13.1 Å². The summed E-state index contributed by atoms with van der Waals surface area (Å²) in [6.45, 7) is 1.33. The van der Waals surface area contributed by atoms with E-state index in [2.05, 4.69) is 0 Å². The van der Waals surface area contributed by atoms with Gasteiger partial charge in [-0.1, -0.05) is 0 Å². The molecule has 1 aromatic rings. The summed E-state index contributed by atoms with van der Waals surface area (Å²) in [5.41, 5.74) is 3.93. The van der Waals surface area contributed by atoms with Crippen molar-refractivity contribution in [1.82, 2.24) is 4.90 Å². The molecule has 1 saturated heterocycles. The van der Waals surface area contributed by atoms with Crippen molar-refractivity contribution >= 4 is 5.91 Å². The molecule has 104 valence electrons. The number of rotatable bonds is 3. The van der Waals surface area contributed by atoms with E-state index in [-0.39, 0.29) is 17.4 Å². The van der Waals surface area contributed by atoms with Crippen LogP contribution in [-0.2, 0) is 6.18 Å². The first-order chi connectivity index (χ1) is 8.77. The molecule has 2 rings (SSSR count). The molecule has 4 nitrogen and oxygen atoms in total. The lowest BCUT2D eigenvalue weighted by Crippen LogP contribution is -2.51. The Balaban J connectivity index is 2.25. The summed E-state index contributed by atoms with van der Waals surface area (Å²) in [7, 11) is 1.89. The van der Waals surface area contributed by atoms with Crippen LogP contribution in [0.3, 0.4) is 0 Å². The third kappa shape index (κ3) is 2.98. The largest absolute Gasteiger partial charge is 0.487 e. The van der Waals surface area contributed by atoms with Crippen LogP contribution >= 0.6 is 0 Å². The lowest BCUT2D eigenvalue weighted by molar-refractivity contribution is -0.137. The molecule has 1 fully saturated rings. The van der Waals surface area contributed by atoms with Gasteiger partial charge in [-0.25, -0.2) is 0 Å². The monoisotopic (exact) mass is 274 g/mol. The number of likely N-dealkylation sites (tertiary alicyclic amines) is 1. The topological polar surface area (TPSA) is 55.6 Å². The highest BCUT2D eigenvalue weighted by atomic mass is 19.4. The van der Waals surface area contributed by atoms with Crippen molar-refractivity contribution in [3.8, 4) is 5.75 Å². The van der Waals surface area contributed by atoms with E-state index in [1.165, 1.54) is 0 Å². The average Bonchev–Trinajstić information content (AvgIpc) is 2.25. The van der Waals surface area contributed by atoms with Crippen molar-refractivity contribution in [2.24, 2.45) is 5.73 Å². The Bertz CT molecular complexity index is 496. The van der Waals surface area contributed by atoms with Gasteiger partial charge in [-0.15, -0.1) is 0 Å². The van der Waals surface area contributed by atoms with Gasteiger partial charge in [0.2, 0.25) is 0 Å². The summed E-state index contributed by atoms with van der Waals surface area (Å²) in [5.74, 6) is -0.840. The summed E-state index contributed by atoms with van der Waals surface area (Å²) in [4.78, 5) is 13.2. The van der Waals surface area contributed by atoms with Crippen LogP contribution in [0, 0.1) is 0 Å². The number of alkyl halides is 3. The van der Waals surface area contributed by atoms with Crippen LogP contribution in [0.1, 0.15) is 15.9 Å². The van der Waals surface area contributed by atoms with E-state index >= 15 is 0 Å². The second kappa shape index (κ2) is 4.73. The number of nitrogens with zero attached hydrogens (tertiary/aromatic N) is 1. The number of hydrogen-bond donors (Lipinski definition) is 1. The molecular formula is C12H13F3N2O2. The number of hydrogen-bond acceptors (Lipinski definition) is 3. The molecule has 1 aliphatic rings. The summed E-state index contributed by atoms with van der Waals surface area (Å²) < 4.78 is 43.1. The van der Waals surface area contributed by atoms with Crippen LogP contribution in [0.25, 0.3) is 0 Å². The Labute approximate surface area is 107 Å². The third-order valence-corrected chi connectivity index (χ3v) is 2.90. The SMILES string of the molecule is CN1CC(Oc2ccc(C(F)(F)F)cc2C(N)=O)C1. The zero-order valence-electron chi connectivity index (χ0n) is 10.2. The molecule has 19 heavy (non-hydrogen) atoms. The Morgan fingerprint density at radius 1 is 1.42 bits per heavy atom. The molecule has 2 N–H and O–H groups in total. The van der Waals surface area contributed by atoms with Gasteiger partial charge in [0.05, 0.1) is 11.1 Å². The maximum Gasteiger partial charge on any atom is 0.416 e. The Hall–Kier alpha value is -1.76. The second-order valence-corrected chi connectivity index (χ2v) is 4.53. The molecule has 1 aliphatic heterocycles. The summed E-state index contributed by atoms with van der Waals surface area (Å²) in [5, 5.41) is 0. The number of benzene rings is 1. The van der Waals surface area contributed by atoms with Crippen LogP contribution in [0.4, 0.5) is 13.2 Å². The zero-order chi connectivity index (χ0) is 14.2. The lowest BCUT2D eigenvalue weighted by atomic mass is 10.1. The molecule has 0 aromatic heterocycles. The number of halogens is 3. The van der Waals surface area contributed by atoms with E-state index < -0.39 is 17.6 Å². The summed E-state index contributed by atoms with van der Waals surface area (Å²) >= 11 is 0. The quantitative estimate of drug-likeness (QED) is 0.908. The normalized spacial score (nSPS) is 17.1. The molecule has 0 radical (unpaired) electrons. The predicted octanol–water partition coefficient (Wildman–Crippen LogP) is 1.50. The minimum atomic E-state index is -4.51. The van der Waals surface area contributed by atoms with Gasteiger partial charge in [-0.05, 0) is 25.2 Å². The second-order valence-electron chi connectivity index (χ2n) is 4.53. The van der Waals surface area contributed by atoms with E-state index in [1.807, 2.05) is 11.9 Å². The van der Waals surface area contributed by atoms with Gasteiger partial charge in [-0.3, -0.25) is 9.69 Å². The van der Waals surface area contributed by atoms with Gasteiger partial charge in [0, 0.05) is 13.1 Å². The maximum atomic E-state index is 12.6. The van der Waals surface area contributed by atoms with Gasteiger partial charge >= 0.3 is 6.18 Å². The third-order valence-electron chi connectivity index (χ3n) is 2.90. The standard InChI is InChI=1S/C12H13F3N2O2/c1-17-5-8(6-17)19-10-3-2-7(12(13,14)15)4-9(10)11(16)18/h2-4,8H,5-6H2,1H3,(H2,16,18). The number of carbonyl (C=O) groups excluding carboxylic acids is 1. The molecule has 1 heterocycles. The van der Waals surface area contributed by atoms with E-state index in [1.54, 1.807) is 0 Å². The van der Waals surface area contributed by atoms with Crippen LogP contribution in [-0.4, -0.2) is 37.0 Å². The Morgan fingerprint density at radius 2 is 2.05 bits per heavy atom. The highest BCUT2D eigenvalue weighted by Gasteiger charge is 2.32. The van der Waals surface area contributed by atoms with E-state index in [9.17, 15) is 18.0 Å². The first-order valence-corrected chi connectivity index (χ1v) is 5.63. The number of amides is 1.